The molecular weight excluding hydrogens is 244 g/mol. The van der Waals surface area contributed by atoms with Gasteiger partial charge in [0.1, 0.15) is 0 Å². The topological polar surface area (TPSA) is 56.7 Å². The third-order valence-electron chi connectivity index (χ3n) is 2.12. The summed E-state index contributed by atoms with van der Waals surface area (Å²) in [5.74, 6) is 0.338. The minimum Gasteiger partial charge on any atom is -0.366 e. The van der Waals surface area contributed by atoms with Gasteiger partial charge in [-0.3, -0.25) is 0 Å². The van der Waals surface area contributed by atoms with Crippen LogP contribution < -0.4 is 5.73 Å². The summed E-state index contributed by atoms with van der Waals surface area (Å²) in [6.07, 6.45) is 6.29. The van der Waals surface area contributed by atoms with E-state index < -0.39 is 0 Å². The number of hydrogen-bond acceptors (Lipinski definition) is 3. The molecule has 5 heteroatoms. The first-order valence-corrected chi connectivity index (χ1v) is 5.89. The molecule has 0 unspecified atom stereocenters. The molecule has 0 fully saturated rings. The largest absolute Gasteiger partial charge is 0.366 e. The summed E-state index contributed by atoms with van der Waals surface area (Å²) in [5.41, 5.74) is 5.46. The van der Waals surface area contributed by atoms with E-state index in [9.17, 15) is 0 Å². The van der Waals surface area contributed by atoms with Crippen molar-refractivity contribution >= 4 is 21.9 Å². The Balaban J connectivity index is 2.21. The van der Waals surface area contributed by atoms with E-state index in [1.54, 1.807) is 4.68 Å². The Bertz CT molecular complexity index is 272. The molecule has 0 aliphatic heterocycles. The molecule has 1 heterocycles. The van der Waals surface area contributed by atoms with Crippen LogP contribution in [-0.2, 0) is 6.54 Å². The summed E-state index contributed by atoms with van der Waals surface area (Å²) in [5, 5.41) is 4.06. The summed E-state index contributed by atoms with van der Waals surface area (Å²) in [6, 6.07) is 0. The zero-order valence-corrected chi connectivity index (χ0v) is 10.1. The van der Waals surface area contributed by atoms with Gasteiger partial charge in [-0.25, -0.2) is 4.68 Å². The molecule has 0 atom stereocenters. The van der Waals surface area contributed by atoms with Crippen molar-refractivity contribution in [2.45, 2.75) is 45.6 Å². The smallest absolute Gasteiger partial charge is 0.240 e. The second kappa shape index (κ2) is 6.01. The fourth-order valence-electron chi connectivity index (χ4n) is 1.35. The number of nitrogens with zero attached hydrogens (tertiary/aromatic N) is 3. The third kappa shape index (κ3) is 3.65. The molecule has 1 aromatic heterocycles. The summed E-state index contributed by atoms with van der Waals surface area (Å²) in [6.45, 7) is 3.11. The highest BCUT2D eigenvalue weighted by molar-refractivity contribution is 9.10. The van der Waals surface area contributed by atoms with Crippen LogP contribution in [0.25, 0.3) is 0 Å². The molecule has 14 heavy (non-hydrogen) atoms. The fourth-order valence-corrected chi connectivity index (χ4v) is 1.79. The molecular formula is C9H17BrN4. The molecule has 0 aromatic carbocycles. The monoisotopic (exact) mass is 260 g/mol. The van der Waals surface area contributed by atoms with E-state index >= 15 is 0 Å². The first-order chi connectivity index (χ1) is 6.74. The van der Waals surface area contributed by atoms with E-state index in [0.717, 1.165) is 17.7 Å². The van der Waals surface area contributed by atoms with Crippen molar-refractivity contribution in [2.24, 2.45) is 0 Å². The van der Waals surface area contributed by atoms with Gasteiger partial charge >= 0.3 is 0 Å². The molecule has 0 aliphatic rings. The van der Waals surface area contributed by atoms with E-state index in [1.165, 1.54) is 25.7 Å². The Hall–Kier alpha value is -0.580. The maximum Gasteiger partial charge on any atom is 0.240 e. The summed E-state index contributed by atoms with van der Waals surface area (Å²) in [7, 11) is 0. The molecule has 0 spiro atoms. The van der Waals surface area contributed by atoms with Gasteiger partial charge in [0.25, 0.3) is 0 Å². The van der Waals surface area contributed by atoms with E-state index in [4.69, 9.17) is 5.73 Å². The summed E-state index contributed by atoms with van der Waals surface area (Å²) < 4.78 is 2.53. The molecule has 1 aromatic rings. The highest BCUT2D eigenvalue weighted by atomic mass is 79.9. The van der Waals surface area contributed by atoms with Crippen LogP contribution >= 0.6 is 15.9 Å². The van der Waals surface area contributed by atoms with Gasteiger partial charge in [0, 0.05) is 6.54 Å². The predicted octanol–water partition coefficient (Wildman–Crippen LogP) is 2.59. The standard InChI is InChI=1S/C9H17BrN4/c1-2-3-4-5-6-7-14-8(10)12-9(11)13-14/h2-7H2,1H3,(H2,11,13). The van der Waals surface area contributed by atoms with Crippen LogP contribution in [0, 0.1) is 0 Å². The molecule has 1 rings (SSSR count). The number of aromatic nitrogens is 3. The number of nitrogen functional groups attached to an aromatic ring is 1. The van der Waals surface area contributed by atoms with Crippen molar-refractivity contribution in [3.63, 3.8) is 0 Å². The molecule has 4 nitrogen and oxygen atoms in total. The van der Waals surface area contributed by atoms with Gasteiger partial charge in [-0.15, -0.1) is 5.10 Å². The number of rotatable bonds is 6. The molecule has 0 saturated carbocycles. The Morgan fingerprint density at radius 3 is 2.57 bits per heavy atom. The molecule has 0 radical (unpaired) electrons. The number of unbranched alkanes of at least 4 members (excludes halogenated alkanes) is 4. The van der Waals surface area contributed by atoms with Crippen LogP contribution in [0.4, 0.5) is 5.95 Å². The second-order valence-corrected chi connectivity index (χ2v) is 4.09. The lowest BCUT2D eigenvalue weighted by molar-refractivity contribution is 0.526. The Morgan fingerprint density at radius 1 is 1.29 bits per heavy atom. The quantitative estimate of drug-likeness (QED) is 0.801. The van der Waals surface area contributed by atoms with Crippen LogP contribution in [0.2, 0.25) is 0 Å². The van der Waals surface area contributed by atoms with Gasteiger partial charge in [0.2, 0.25) is 5.95 Å². The van der Waals surface area contributed by atoms with Crippen LogP contribution in [0.5, 0.6) is 0 Å². The van der Waals surface area contributed by atoms with Gasteiger partial charge in [-0.1, -0.05) is 32.6 Å². The number of anilines is 1. The highest BCUT2D eigenvalue weighted by Crippen LogP contribution is 2.10. The zero-order chi connectivity index (χ0) is 10.4. The zero-order valence-electron chi connectivity index (χ0n) is 8.54. The number of aryl methyl sites for hydroxylation is 1. The van der Waals surface area contributed by atoms with E-state index in [-0.39, 0.29) is 0 Å². The minimum atomic E-state index is 0.338. The van der Waals surface area contributed by atoms with Crippen LogP contribution in [-0.4, -0.2) is 14.8 Å². The molecule has 0 aliphatic carbocycles. The average molecular weight is 261 g/mol. The highest BCUT2D eigenvalue weighted by Gasteiger charge is 2.02. The second-order valence-electron chi connectivity index (χ2n) is 3.38. The van der Waals surface area contributed by atoms with Crippen molar-refractivity contribution in [1.82, 2.24) is 14.8 Å². The summed E-state index contributed by atoms with van der Waals surface area (Å²) >= 11 is 3.31. The normalized spacial score (nSPS) is 10.7. The first kappa shape index (κ1) is 11.5. The maximum absolute atomic E-state index is 5.46. The minimum absolute atomic E-state index is 0.338. The van der Waals surface area contributed by atoms with Gasteiger partial charge in [0.05, 0.1) is 0 Å². The first-order valence-electron chi connectivity index (χ1n) is 5.10. The lowest BCUT2D eigenvalue weighted by atomic mass is 10.1. The Labute approximate surface area is 93.0 Å². The van der Waals surface area contributed by atoms with Gasteiger partial charge in [-0.2, -0.15) is 4.98 Å². The van der Waals surface area contributed by atoms with E-state index in [1.807, 2.05) is 0 Å². The summed E-state index contributed by atoms with van der Waals surface area (Å²) in [4.78, 5) is 3.97. The lowest BCUT2D eigenvalue weighted by Crippen LogP contribution is -2.01. The van der Waals surface area contributed by atoms with Crippen molar-refractivity contribution in [3.8, 4) is 0 Å². The van der Waals surface area contributed by atoms with Crippen molar-refractivity contribution in [2.75, 3.05) is 5.73 Å². The van der Waals surface area contributed by atoms with Gasteiger partial charge in [0.15, 0.2) is 4.73 Å². The molecule has 0 amide bonds. The van der Waals surface area contributed by atoms with E-state index in [2.05, 4.69) is 32.9 Å². The van der Waals surface area contributed by atoms with Crippen LogP contribution in [0.1, 0.15) is 39.0 Å². The number of hydrogen-bond donors (Lipinski definition) is 1. The Kier molecular flexibility index (Phi) is 4.93. The average Bonchev–Trinajstić information content (AvgIpc) is 2.45. The Morgan fingerprint density at radius 2 is 2.00 bits per heavy atom. The van der Waals surface area contributed by atoms with Crippen LogP contribution in [0.15, 0.2) is 4.73 Å². The number of halogens is 1. The third-order valence-corrected chi connectivity index (χ3v) is 2.70. The molecule has 0 bridgehead atoms. The molecule has 2 N–H and O–H groups in total. The van der Waals surface area contributed by atoms with E-state index in [0.29, 0.717) is 5.95 Å². The fraction of sp³-hybridized carbons (Fsp3) is 0.778. The lowest BCUT2D eigenvalue weighted by Gasteiger charge is -2.01. The maximum atomic E-state index is 5.46. The van der Waals surface area contributed by atoms with Crippen molar-refractivity contribution in [3.05, 3.63) is 4.73 Å². The van der Waals surface area contributed by atoms with Crippen molar-refractivity contribution < 1.29 is 0 Å². The van der Waals surface area contributed by atoms with Crippen molar-refractivity contribution in [1.29, 1.82) is 0 Å². The molecule has 0 saturated heterocycles. The predicted molar refractivity (Wildman–Crippen MR) is 60.9 cm³/mol. The molecule has 80 valence electrons. The SMILES string of the molecule is CCCCCCCn1nc(N)nc1Br. The number of nitrogens with two attached hydrogens (primary N) is 1. The van der Waals surface area contributed by atoms with Gasteiger partial charge in [-0.05, 0) is 22.4 Å². The van der Waals surface area contributed by atoms with Crippen LogP contribution in [0.3, 0.4) is 0 Å². The van der Waals surface area contributed by atoms with Gasteiger partial charge < -0.3 is 5.73 Å².